The van der Waals surface area contributed by atoms with Crippen molar-refractivity contribution < 1.29 is 14.3 Å². The molecule has 0 spiro atoms. The monoisotopic (exact) mass is 348 g/mol. The van der Waals surface area contributed by atoms with Gasteiger partial charge in [0.25, 0.3) is 5.91 Å². The van der Waals surface area contributed by atoms with E-state index in [9.17, 15) is 4.79 Å². The van der Waals surface area contributed by atoms with Crippen LogP contribution in [0.1, 0.15) is 34.1 Å². The lowest BCUT2D eigenvalue weighted by atomic mass is 9.92. The number of hydrogen-bond donors (Lipinski definition) is 1. The maximum atomic E-state index is 12.1. The van der Waals surface area contributed by atoms with Crippen LogP contribution in [-0.4, -0.2) is 49.8 Å². The van der Waals surface area contributed by atoms with Crippen molar-refractivity contribution in [2.75, 3.05) is 38.7 Å². The van der Waals surface area contributed by atoms with Crippen LogP contribution >= 0.6 is 0 Å². The van der Waals surface area contributed by atoms with Gasteiger partial charge in [-0.2, -0.15) is 0 Å². The number of amides is 1. The molecule has 2 atom stereocenters. The van der Waals surface area contributed by atoms with Crippen molar-refractivity contribution in [1.29, 1.82) is 0 Å². The number of methoxy groups -OCH3 is 1. The van der Waals surface area contributed by atoms with Crippen molar-refractivity contribution >= 4 is 11.6 Å². The smallest absolute Gasteiger partial charge is 0.256 e. The number of piperidine rings is 1. The Bertz CT molecular complexity index is 547. The van der Waals surface area contributed by atoms with Crippen molar-refractivity contribution in [3.8, 4) is 5.75 Å². The van der Waals surface area contributed by atoms with E-state index in [2.05, 4.69) is 24.1 Å². The molecule has 0 aliphatic carbocycles. The Morgan fingerprint density at radius 1 is 1.20 bits per heavy atom. The number of rotatable bonds is 7. The van der Waals surface area contributed by atoms with Gasteiger partial charge in [0, 0.05) is 32.4 Å². The van der Waals surface area contributed by atoms with Gasteiger partial charge in [0.05, 0.1) is 0 Å². The summed E-state index contributed by atoms with van der Waals surface area (Å²) in [6.07, 6.45) is 1.32. The summed E-state index contributed by atoms with van der Waals surface area (Å²) in [4.78, 5) is 14.6. The van der Waals surface area contributed by atoms with Crippen molar-refractivity contribution in [2.45, 2.75) is 39.7 Å². The van der Waals surface area contributed by atoms with Gasteiger partial charge in [-0.05, 0) is 56.4 Å². The predicted molar refractivity (Wildman–Crippen MR) is 101 cm³/mol. The second-order valence-corrected chi connectivity index (χ2v) is 7.75. The molecule has 0 bridgehead atoms. The van der Waals surface area contributed by atoms with E-state index >= 15 is 0 Å². The average Bonchev–Trinajstić information content (AvgIpc) is 2.55. The highest BCUT2D eigenvalue weighted by Gasteiger charge is 2.26. The molecule has 1 aliphatic rings. The van der Waals surface area contributed by atoms with E-state index in [4.69, 9.17) is 9.47 Å². The Labute approximate surface area is 151 Å². The summed E-state index contributed by atoms with van der Waals surface area (Å²) in [5.41, 5.74) is -0.112. The molecular weight excluding hydrogens is 316 g/mol. The molecule has 1 aromatic carbocycles. The number of ether oxygens (including phenoxy) is 2. The van der Waals surface area contributed by atoms with Crippen LogP contribution < -0.4 is 10.1 Å². The molecule has 5 heteroatoms. The second-order valence-electron chi connectivity index (χ2n) is 7.75. The summed E-state index contributed by atoms with van der Waals surface area (Å²) in [6.45, 7) is 12.1. The average molecular weight is 348 g/mol. The number of hydrogen-bond acceptors (Lipinski definition) is 4. The molecule has 1 N–H and O–H groups in total. The number of likely N-dealkylation sites (tertiary alicyclic amines) is 1. The standard InChI is InChI=1S/C20H32N2O3/c1-15-12-16(2)14-22(13-15)10-11-25-18-8-6-17(7-9-18)21-19(23)20(3,4)24-5/h6-9,15-16H,10-14H2,1-5H3,(H,21,23)/t15-,16+. The predicted octanol–water partition coefficient (Wildman–Crippen LogP) is 3.41. The Balaban J connectivity index is 1.78. The molecule has 1 heterocycles. The molecule has 1 amide bonds. The molecule has 1 aliphatic heterocycles. The largest absolute Gasteiger partial charge is 0.492 e. The number of benzene rings is 1. The minimum Gasteiger partial charge on any atom is -0.492 e. The SMILES string of the molecule is COC(C)(C)C(=O)Nc1ccc(OCCN2C[C@H](C)C[C@H](C)C2)cc1. The summed E-state index contributed by atoms with van der Waals surface area (Å²) in [7, 11) is 1.53. The van der Waals surface area contributed by atoms with Gasteiger partial charge < -0.3 is 14.8 Å². The zero-order valence-electron chi connectivity index (χ0n) is 16.2. The molecule has 0 aromatic heterocycles. The zero-order chi connectivity index (χ0) is 18.4. The third kappa shape index (κ3) is 6.01. The van der Waals surface area contributed by atoms with E-state index in [1.165, 1.54) is 13.5 Å². The lowest BCUT2D eigenvalue weighted by Gasteiger charge is -2.34. The zero-order valence-corrected chi connectivity index (χ0v) is 16.2. The van der Waals surface area contributed by atoms with E-state index in [1.54, 1.807) is 13.8 Å². The molecule has 0 unspecified atom stereocenters. The number of carbonyl (C=O) groups excluding carboxylic acids is 1. The summed E-state index contributed by atoms with van der Waals surface area (Å²) in [5, 5.41) is 2.85. The van der Waals surface area contributed by atoms with E-state index in [0.717, 1.165) is 42.9 Å². The first-order chi connectivity index (χ1) is 11.8. The third-order valence-electron chi connectivity index (χ3n) is 4.79. The van der Waals surface area contributed by atoms with Crippen molar-refractivity contribution in [1.82, 2.24) is 4.90 Å². The van der Waals surface area contributed by atoms with Gasteiger partial charge in [0.15, 0.2) is 0 Å². The van der Waals surface area contributed by atoms with Crippen LogP contribution in [0.3, 0.4) is 0 Å². The van der Waals surface area contributed by atoms with Gasteiger partial charge >= 0.3 is 0 Å². The summed E-state index contributed by atoms with van der Waals surface area (Å²) >= 11 is 0. The highest BCUT2D eigenvalue weighted by molar-refractivity contribution is 5.96. The second kappa shape index (κ2) is 8.68. The van der Waals surface area contributed by atoms with Gasteiger partial charge in [-0.15, -0.1) is 0 Å². The number of anilines is 1. The van der Waals surface area contributed by atoms with Crippen LogP contribution in [0, 0.1) is 11.8 Å². The highest BCUT2D eigenvalue weighted by atomic mass is 16.5. The summed E-state index contributed by atoms with van der Waals surface area (Å²) < 4.78 is 11.0. The Hall–Kier alpha value is -1.59. The van der Waals surface area contributed by atoms with Gasteiger partial charge in [-0.25, -0.2) is 0 Å². The fourth-order valence-electron chi connectivity index (χ4n) is 3.28. The molecule has 0 radical (unpaired) electrons. The Morgan fingerprint density at radius 2 is 1.80 bits per heavy atom. The van der Waals surface area contributed by atoms with Crippen LogP contribution in [0.2, 0.25) is 0 Å². The topological polar surface area (TPSA) is 50.8 Å². The van der Waals surface area contributed by atoms with Crippen molar-refractivity contribution in [3.05, 3.63) is 24.3 Å². The maximum absolute atomic E-state index is 12.1. The van der Waals surface area contributed by atoms with E-state index < -0.39 is 5.60 Å². The molecular formula is C20H32N2O3. The first-order valence-corrected chi connectivity index (χ1v) is 9.12. The van der Waals surface area contributed by atoms with E-state index in [-0.39, 0.29) is 5.91 Å². The molecule has 140 valence electrons. The van der Waals surface area contributed by atoms with Crippen LogP contribution in [-0.2, 0) is 9.53 Å². The fourth-order valence-corrected chi connectivity index (χ4v) is 3.28. The fraction of sp³-hybridized carbons (Fsp3) is 0.650. The lowest BCUT2D eigenvalue weighted by molar-refractivity contribution is -0.133. The van der Waals surface area contributed by atoms with Gasteiger partial charge in [-0.3, -0.25) is 9.69 Å². The number of nitrogens with one attached hydrogen (secondary N) is 1. The molecule has 1 aromatic rings. The molecule has 1 fully saturated rings. The van der Waals surface area contributed by atoms with Crippen LogP contribution in [0.15, 0.2) is 24.3 Å². The minimum atomic E-state index is -0.849. The lowest BCUT2D eigenvalue weighted by Crippen LogP contribution is -2.40. The maximum Gasteiger partial charge on any atom is 0.256 e. The van der Waals surface area contributed by atoms with Crippen molar-refractivity contribution in [3.63, 3.8) is 0 Å². The Kier molecular flexibility index (Phi) is 6.85. The minimum absolute atomic E-state index is 0.169. The first kappa shape index (κ1) is 19.7. The van der Waals surface area contributed by atoms with Gasteiger partial charge in [0.2, 0.25) is 0 Å². The molecule has 2 rings (SSSR count). The summed E-state index contributed by atoms with van der Waals surface area (Å²) in [5.74, 6) is 2.19. The van der Waals surface area contributed by atoms with Crippen LogP contribution in [0.5, 0.6) is 5.75 Å². The van der Waals surface area contributed by atoms with Crippen LogP contribution in [0.25, 0.3) is 0 Å². The normalized spacial score (nSPS) is 21.8. The molecule has 5 nitrogen and oxygen atoms in total. The number of nitrogens with zero attached hydrogens (tertiary/aromatic N) is 1. The molecule has 1 saturated heterocycles. The summed E-state index contributed by atoms with van der Waals surface area (Å²) in [6, 6.07) is 7.47. The van der Waals surface area contributed by atoms with E-state index in [1.807, 2.05) is 24.3 Å². The molecule has 0 saturated carbocycles. The third-order valence-corrected chi connectivity index (χ3v) is 4.79. The highest BCUT2D eigenvalue weighted by Crippen LogP contribution is 2.21. The Morgan fingerprint density at radius 3 is 2.36 bits per heavy atom. The molecule has 25 heavy (non-hydrogen) atoms. The van der Waals surface area contributed by atoms with Crippen LogP contribution in [0.4, 0.5) is 5.69 Å². The first-order valence-electron chi connectivity index (χ1n) is 9.12. The van der Waals surface area contributed by atoms with Crippen molar-refractivity contribution in [2.24, 2.45) is 11.8 Å². The van der Waals surface area contributed by atoms with E-state index in [0.29, 0.717) is 6.61 Å². The number of carbonyl (C=O) groups is 1. The van der Waals surface area contributed by atoms with Gasteiger partial charge in [-0.1, -0.05) is 13.8 Å². The van der Waals surface area contributed by atoms with Gasteiger partial charge in [0.1, 0.15) is 18.0 Å². The quantitative estimate of drug-likeness (QED) is 0.820.